The standard InChI is InChI=1S/C16H25BrN2O/c1-11(2)19-8-4-5-12(10-18)16(19)14-9-13(20-3)6-7-15(14)17/h6-7,9,11-12,16H,4-5,8,10,18H2,1-3H3. The van der Waals surface area contributed by atoms with E-state index in [1.807, 2.05) is 6.07 Å². The number of benzene rings is 1. The molecule has 20 heavy (non-hydrogen) atoms. The van der Waals surface area contributed by atoms with E-state index in [0.29, 0.717) is 18.0 Å². The minimum Gasteiger partial charge on any atom is -0.497 e. The SMILES string of the molecule is COc1ccc(Br)c(C2C(CN)CCCN2C(C)C)c1. The van der Waals surface area contributed by atoms with Gasteiger partial charge in [0.25, 0.3) is 0 Å². The Hall–Kier alpha value is -0.580. The van der Waals surface area contributed by atoms with Gasteiger partial charge in [-0.2, -0.15) is 0 Å². The first-order chi connectivity index (χ1) is 9.58. The van der Waals surface area contributed by atoms with Crippen molar-refractivity contribution < 1.29 is 4.74 Å². The molecule has 0 spiro atoms. The van der Waals surface area contributed by atoms with E-state index in [-0.39, 0.29) is 0 Å². The lowest BCUT2D eigenvalue weighted by atomic mass is 9.84. The van der Waals surface area contributed by atoms with E-state index < -0.39 is 0 Å². The summed E-state index contributed by atoms with van der Waals surface area (Å²) in [5.41, 5.74) is 7.34. The number of methoxy groups -OCH3 is 1. The van der Waals surface area contributed by atoms with Gasteiger partial charge in [0, 0.05) is 16.6 Å². The molecule has 1 saturated heterocycles. The maximum Gasteiger partial charge on any atom is 0.119 e. The second-order valence-electron chi connectivity index (χ2n) is 5.80. The number of nitrogens with two attached hydrogens (primary N) is 1. The Morgan fingerprint density at radius 2 is 2.20 bits per heavy atom. The topological polar surface area (TPSA) is 38.5 Å². The van der Waals surface area contributed by atoms with Crippen molar-refractivity contribution in [3.8, 4) is 5.75 Å². The number of piperidine rings is 1. The van der Waals surface area contributed by atoms with E-state index >= 15 is 0 Å². The van der Waals surface area contributed by atoms with Gasteiger partial charge < -0.3 is 10.5 Å². The van der Waals surface area contributed by atoms with Gasteiger partial charge in [0.05, 0.1) is 7.11 Å². The van der Waals surface area contributed by atoms with Crippen LogP contribution in [0.3, 0.4) is 0 Å². The van der Waals surface area contributed by atoms with E-state index in [9.17, 15) is 0 Å². The van der Waals surface area contributed by atoms with E-state index in [4.69, 9.17) is 10.5 Å². The third-order valence-corrected chi connectivity index (χ3v) is 5.01. The van der Waals surface area contributed by atoms with E-state index in [1.165, 1.54) is 18.4 Å². The maximum atomic E-state index is 6.04. The molecule has 0 radical (unpaired) electrons. The molecule has 1 heterocycles. The number of rotatable bonds is 4. The molecule has 0 saturated carbocycles. The largest absolute Gasteiger partial charge is 0.497 e. The van der Waals surface area contributed by atoms with Crippen molar-refractivity contribution in [3.05, 3.63) is 28.2 Å². The first kappa shape index (κ1) is 15.8. The van der Waals surface area contributed by atoms with E-state index in [2.05, 4.69) is 46.8 Å². The van der Waals surface area contributed by atoms with Crippen molar-refractivity contribution >= 4 is 15.9 Å². The lowest BCUT2D eigenvalue weighted by Crippen LogP contribution is -2.45. The minimum atomic E-state index is 0.373. The summed E-state index contributed by atoms with van der Waals surface area (Å²) >= 11 is 3.71. The molecule has 0 aliphatic carbocycles. The van der Waals surface area contributed by atoms with Gasteiger partial charge in [0.2, 0.25) is 0 Å². The summed E-state index contributed by atoms with van der Waals surface area (Å²) in [7, 11) is 1.72. The average Bonchev–Trinajstić information content (AvgIpc) is 2.47. The molecule has 3 nitrogen and oxygen atoms in total. The van der Waals surface area contributed by atoms with Crippen LogP contribution in [0.5, 0.6) is 5.75 Å². The lowest BCUT2D eigenvalue weighted by Gasteiger charge is -2.44. The fraction of sp³-hybridized carbons (Fsp3) is 0.625. The third-order valence-electron chi connectivity index (χ3n) is 4.28. The number of ether oxygens (including phenoxy) is 1. The molecule has 0 amide bonds. The highest BCUT2D eigenvalue weighted by atomic mass is 79.9. The van der Waals surface area contributed by atoms with Crippen molar-refractivity contribution in [1.29, 1.82) is 0 Å². The van der Waals surface area contributed by atoms with Crippen LogP contribution in [-0.2, 0) is 0 Å². The summed E-state index contributed by atoms with van der Waals surface area (Å²) in [6.07, 6.45) is 2.44. The third kappa shape index (κ3) is 3.18. The summed E-state index contributed by atoms with van der Waals surface area (Å²) in [6, 6.07) is 7.12. The number of hydrogen-bond acceptors (Lipinski definition) is 3. The number of hydrogen-bond donors (Lipinski definition) is 1. The molecule has 0 aromatic heterocycles. The van der Waals surface area contributed by atoms with Gasteiger partial charge in [-0.05, 0) is 69.5 Å². The Balaban J connectivity index is 2.42. The van der Waals surface area contributed by atoms with Crippen LogP contribution >= 0.6 is 15.9 Å². The van der Waals surface area contributed by atoms with Crippen molar-refractivity contribution in [3.63, 3.8) is 0 Å². The Labute approximate surface area is 130 Å². The molecule has 2 unspecified atom stereocenters. The minimum absolute atomic E-state index is 0.373. The highest BCUT2D eigenvalue weighted by Gasteiger charge is 2.34. The zero-order valence-electron chi connectivity index (χ0n) is 12.6. The number of halogens is 1. The molecular formula is C16H25BrN2O. The Morgan fingerprint density at radius 3 is 2.80 bits per heavy atom. The second-order valence-corrected chi connectivity index (χ2v) is 6.66. The fourth-order valence-corrected chi connectivity index (χ4v) is 3.72. The van der Waals surface area contributed by atoms with E-state index in [1.54, 1.807) is 7.11 Å². The van der Waals surface area contributed by atoms with Crippen LogP contribution in [0.15, 0.2) is 22.7 Å². The lowest BCUT2D eigenvalue weighted by molar-refractivity contribution is 0.0660. The molecule has 1 aromatic rings. The highest BCUT2D eigenvalue weighted by Crippen LogP contribution is 2.41. The van der Waals surface area contributed by atoms with Crippen molar-refractivity contribution in [1.82, 2.24) is 4.90 Å². The van der Waals surface area contributed by atoms with Gasteiger partial charge in [-0.15, -0.1) is 0 Å². The molecule has 112 valence electrons. The molecule has 2 rings (SSSR count). The Morgan fingerprint density at radius 1 is 1.45 bits per heavy atom. The molecular weight excluding hydrogens is 316 g/mol. The zero-order valence-corrected chi connectivity index (χ0v) is 14.2. The first-order valence-electron chi connectivity index (χ1n) is 7.37. The highest BCUT2D eigenvalue weighted by molar-refractivity contribution is 9.10. The first-order valence-corrected chi connectivity index (χ1v) is 8.17. The van der Waals surface area contributed by atoms with Crippen molar-refractivity contribution in [2.75, 3.05) is 20.2 Å². The Bertz CT molecular complexity index is 450. The molecule has 1 aromatic carbocycles. The van der Waals surface area contributed by atoms with Crippen LogP contribution in [-0.4, -0.2) is 31.1 Å². The van der Waals surface area contributed by atoms with Gasteiger partial charge in [-0.1, -0.05) is 15.9 Å². The molecule has 2 N–H and O–H groups in total. The second kappa shape index (κ2) is 6.92. The predicted octanol–water partition coefficient (Wildman–Crippen LogP) is 3.58. The van der Waals surface area contributed by atoms with Crippen LogP contribution in [0.4, 0.5) is 0 Å². The fourth-order valence-electron chi connectivity index (χ4n) is 3.24. The quantitative estimate of drug-likeness (QED) is 0.910. The van der Waals surface area contributed by atoms with Crippen LogP contribution in [0, 0.1) is 5.92 Å². The Kier molecular flexibility index (Phi) is 5.47. The van der Waals surface area contributed by atoms with Gasteiger partial charge in [0.1, 0.15) is 5.75 Å². The van der Waals surface area contributed by atoms with Crippen LogP contribution in [0.2, 0.25) is 0 Å². The molecule has 0 bridgehead atoms. The predicted molar refractivity (Wildman–Crippen MR) is 87.1 cm³/mol. The number of likely N-dealkylation sites (tertiary alicyclic amines) is 1. The zero-order chi connectivity index (χ0) is 14.7. The molecule has 1 fully saturated rings. The molecule has 1 aliphatic heterocycles. The normalized spacial score (nSPS) is 24.1. The van der Waals surface area contributed by atoms with Gasteiger partial charge in [0.15, 0.2) is 0 Å². The summed E-state index contributed by atoms with van der Waals surface area (Å²) < 4.78 is 6.54. The maximum absolute atomic E-state index is 6.04. The van der Waals surface area contributed by atoms with Gasteiger partial charge >= 0.3 is 0 Å². The smallest absolute Gasteiger partial charge is 0.119 e. The van der Waals surface area contributed by atoms with Crippen molar-refractivity contribution in [2.45, 2.75) is 38.8 Å². The van der Waals surface area contributed by atoms with Gasteiger partial charge in [-0.25, -0.2) is 0 Å². The van der Waals surface area contributed by atoms with Crippen LogP contribution in [0.1, 0.15) is 38.3 Å². The molecule has 2 atom stereocenters. The summed E-state index contributed by atoms with van der Waals surface area (Å²) in [5.74, 6) is 1.42. The number of nitrogens with zero attached hydrogens (tertiary/aromatic N) is 1. The summed E-state index contributed by atoms with van der Waals surface area (Å²) in [6.45, 7) is 6.40. The molecule has 4 heteroatoms. The summed E-state index contributed by atoms with van der Waals surface area (Å²) in [4.78, 5) is 2.57. The van der Waals surface area contributed by atoms with Crippen LogP contribution in [0.25, 0.3) is 0 Å². The van der Waals surface area contributed by atoms with Gasteiger partial charge in [-0.3, -0.25) is 4.90 Å². The van der Waals surface area contributed by atoms with Crippen LogP contribution < -0.4 is 10.5 Å². The average molecular weight is 341 g/mol. The van der Waals surface area contributed by atoms with Crippen molar-refractivity contribution in [2.24, 2.45) is 11.7 Å². The summed E-state index contributed by atoms with van der Waals surface area (Å²) in [5, 5.41) is 0. The monoisotopic (exact) mass is 340 g/mol. The van der Waals surface area contributed by atoms with E-state index in [0.717, 1.165) is 23.3 Å². The molecule has 1 aliphatic rings.